The molecule has 19 heavy (non-hydrogen) atoms. The third kappa shape index (κ3) is 3.94. The van der Waals surface area contributed by atoms with E-state index in [2.05, 4.69) is 31.1 Å². The molecule has 1 unspecified atom stereocenters. The Morgan fingerprint density at radius 2 is 2.05 bits per heavy atom. The van der Waals surface area contributed by atoms with E-state index < -0.39 is 0 Å². The SMILES string of the molecule is CNc1cc(C)ncc1C(=O)N(C)C(C)CC(C)C. The van der Waals surface area contributed by atoms with Crippen LogP contribution < -0.4 is 5.32 Å². The Bertz CT molecular complexity index is 443. The zero-order chi connectivity index (χ0) is 14.6. The number of amides is 1. The van der Waals surface area contributed by atoms with Crippen LogP contribution in [0.5, 0.6) is 0 Å². The lowest BCUT2D eigenvalue weighted by Gasteiger charge is -2.27. The zero-order valence-electron chi connectivity index (χ0n) is 12.8. The fraction of sp³-hybridized carbons (Fsp3) is 0.600. The number of hydrogen-bond acceptors (Lipinski definition) is 3. The van der Waals surface area contributed by atoms with E-state index >= 15 is 0 Å². The quantitative estimate of drug-likeness (QED) is 0.888. The summed E-state index contributed by atoms with van der Waals surface area (Å²) >= 11 is 0. The third-order valence-electron chi connectivity index (χ3n) is 3.33. The zero-order valence-corrected chi connectivity index (χ0v) is 12.8. The van der Waals surface area contributed by atoms with Crippen LogP contribution in [0.15, 0.2) is 12.3 Å². The van der Waals surface area contributed by atoms with Crippen LogP contribution in [0.1, 0.15) is 43.2 Å². The van der Waals surface area contributed by atoms with Crippen LogP contribution in [0.2, 0.25) is 0 Å². The second-order valence-electron chi connectivity index (χ2n) is 5.52. The van der Waals surface area contributed by atoms with Gasteiger partial charge in [0.2, 0.25) is 0 Å². The summed E-state index contributed by atoms with van der Waals surface area (Å²) in [5.41, 5.74) is 2.37. The molecule has 0 radical (unpaired) electrons. The van der Waals surface area contributed by atoms with Crippen LogP contribution >= 0.6 is 0 Å². The molecular formula is C15H25N3O. The summed E-state index contributed by atoms with van der Waals surface area (Å²) in [5.74, 6) is 0.593. The summed E-state index contributed by atoms with van der Waals surface area (Å²) in [4.78, 5) is 18.5. The molecule has 1 atom stereocenters. The lowest BCUT2D eigenvalue weighted by molar-refractivity contribution is 0.0729. The minimum atomic E-state index is 0.0185. The Balaban J connectivity index is 2.93. The topological polar surface area (TPSA) is 45.2 Å². The molecule has 106 valence electrons. The minimum absolute atomic E-state index is 0.0185. The predicted molar refractivity (Wildman–Crippen MR) is 79.5 cm³/mol. The van der Waals surface area contributed by atoms with E-state index in [0.29, 0.717) is 11.5 Å². The fourth-order valence-electron chi connectivity index (χ4n) is 2.17. The number of nitrogens with one attached hydrogen (secondary N) is 1. The molecule has 0 aliphatic heterocycles. The monoisotopic (exact) mass is 263 g/mol. The Labute approximate surface area is 116 Å². The van der Waals surface area contributed by atoms with Crippen LogP contribution in [0.25, 0.3) is 0 Å². The normalized spacial score (nSPS) is 12.4. The molecule has 1 aromatic heterocycles. The first-order valence-electron chi connectivity index (χ1n) is 6.78. The fourth-order valence-corrected chi connectivity index (χ4v) is 2.17. The van der Waals surface area contributed by atoms with Gasteiger partial charge in [0.05, 0.1) is 11.3 Å². The van der Waals surface area contributed by atoms with Crippen molar-refractivity contribution in [2.24, 2.45) is 5.92 Å². The third-order valence-corrected chi connectivity index (χ3v) is 3.33. The maximum atomic E-state index is 12.5. The summed E-state index contributed by atoms with van der Waals surface area (Å²) < 4.78 is 0. The van der Waals surface area contributed by atoms with Gasteiger partial charge in [-0.2, -0.15) is 0 Å². The number of nitrogens with zero attached hydrogens (tertiary/aromatic N) is 2. The van der Waals surface area contributed by atoms with Gasteiger partial charge in [-0.15, -0.1) is 0 Å². The summed E-state index contributed by atoms with van der Waals surface area (Å²) in [7, 11) is 3.68. The second kappa shape index (κ2) is 6.55. The first-order valence-corrected chi connectivity index (χ1v) is 6.78. The summed E-state index contributed by atoms with van der Waals surface area (Å²) in [6, 6.07) is 2.12. The number of rotatable bonds is 5. The van der Waals surface area contributed by atoms with Gasteiger partial charge in [0.1, 0.15) is 0 Å². The Hall–Kier alpha value is -1.58. The highest BCUT2D eigenvalue weighted by Gasteiger charge is 2.21. The van der Waals surface area contributed by atoms with Crippen molar-refractivity contribution >= 4 is 11.6 Å². The van der Waals surface area contributed by atoms with Gasteiger partial charge < -0.3 is 10.2 Å². The van der Waals surface area contributed by atoms with Gasteiger partial charge in [0, 0.05) is 32.0 Å². The number of anilines is 1. The number of carbonyl (C=O) groups is 1. The van der Waals surface area contributed by atoms with Gasteiger partial charge in [-0.1, -0.05) is 13.8 Å². The molecule has 1 rings (SSSR count). The molecular weight excluding hydrogens is 238 g/mol. The molecule has 1 amide bonds. The van der Waals surface area contributed by atoms with E-state index in [-0.39, 0.29) is 11.9 Å². The van der Waals surface area contributed by atoms with Crippen molar-refractivity contribution in [1.82, 2.24) is 9.88 Å². The van der Waals surface area contributed by atoms with E-state index in [1.807, 2.05) is 27.1 Å². The van der Waals surface area contributed by atoms with Crippen molar-refractivity contribution in [1.29, 1.82) is 0 Å². The lowest BCUT2D eigenvalue weighted by atomic mass is 10.0. The molecule has 0 bridgehead atoms. The highest BCUT2D eigenvalue weighted by molar-refractivity contribution is 5.99. The number of carbonyl (C=O) groups excluding carboxylic acids is 1. The Kier molecular flexibility index (Phi) is 5.33. The molecule has 4 heteroatoms. The number of aryl methyl sites for hydroxylation is 1. The average molecular weight is 263 g/mol. The van der Waals surface area contributed by atoms with E-state index in [1.165, 1.54) is 0 Å². The maximum Gasteiger partial charge on any atom is 0.257 e. The first kappa shape index (κ1) is 15.5. The van der Waals surface area contributed by atoms with Crippen molar-refractivity contribution in [2.45, 2.75) is 40.2 Å². The smallest absolute Gasteiger partial charge is 0.257 e. The number of pyridine rings is 1. The van der Waals surface area contributed by atoms with Gasteiger partial charge in [-0.05, 0) is 32.3 Å². The molecule has 0 aliphatic rings. The summed E-state index contributed by atoms with van der Waals surface area (Å²) in [6.07, 6.45) is 2.65. The predicted octanol–water partition coefficient (Wildman–Crippen LogP) is 2.94. The minimum Gasteiger partial charge on any atom is -0.387 e. The molecule has 1 aromatic rings. The highest BCUT2D eigenvalue weighted by Crippen LogP contribution is 2.19. The van der Waals surface area contributed by atoms with Crippen LogP contribution in [-0.2, 0) is 0 Å². The van der Waals surface area contributed by atoms with Crippen LogP contribution in [0, 0.1) is 12.8 Å². The van der Waals surface area contributed by atoms with E-state index in [0.717, 1.165) is 17.8 Å². The molecule has 1 heterocycles. The average Bonchev–Trinajstić information content (AvgIpc) is 2.36. The maximum absolute atomic E-state index is 12.5. The second-order valence-corrected chi connectivity index (χ2v) is 5.52. The van der Waals surface area contributed by atoms with Crippen molar-refractivity contribution < 1.29 is 4.79 Å². The summed E-state index contributed by atoms with van der Waals surface area (Å²) in [5, 5.41) is 3.06. The summed E-state index contributed by atoms with van der Waals surface area (Å²) in [6.45, 7) is 8.33. The van der Waals surface area contributed by atoms with Crippen molar-refractivity contribution in [3.63, 3.8) is 0 Å². The van der Waals surface area contributed by atoms with Gasteiger partial charge in [-0.3, -0.25) is 9.78 Å². The molecule has 4 nitrogen and oxygen atoms in total. The molecule has 0 spiro atoms. The molecule has 1 N–H and O–H groups in total. The van der Waals surface area contributed by atoms with Gasteiger partial charge >= 0.3 is 0 Å². The van der Waals surface area contributed by atoms with E-state index in [1.54, 1.807) is 11.1 Å². The number of aromatic nitrogens is 1. The van der Waals surface area contributed by atoms with E-state index in [9.17, 15) is 4.79 Å². The Morgan fingerprint density at radius 3 is 2.58 bits per heavy atom. The van der Waals surface area contributed by atoms with Crippen molar-refractivity contribution in [2.75, 3.05) is 19.4 Å². The number of hydrogen-bond donors (Lipinski definition) is 1. The van der Waals surface area contributed by atoms with Crippen LogP contribution in [0.4, 0.5) is 5.69 Å². The Morgan fingerprint density at radius 1 is 1.42 bits per heavy atom. The first-order chi connectivity index (χ1) is 8.86. The molecule has 0 fully saturated rings. The molecule has 0 aliphatic carbocycles. The van der Waals surface area contributed by atoms with Gasteiger partial charge in [-0.25, -0.2) is 0 Å². The van der Waals surface area contributed by atoms with Crippen molar-refractivity contribution in [3.05, 3.63) is 23.5 Å². The largest absolute Gasteiger partial charge is 0.387 e. The van der Waals surface area contributed by atoms with E-state index in [4.69, 9.17) is 0 Å². The van der Waals surface area contributed by atoms with Crippen LogP contribution in [-0.4, -0.2) is 35.9 Å². The standard InChI is InChI=1S/C15H25N3O/c1-10(2)7-12(4)18(6)15(19)13-9-17-11(3)8-14(13)16-5/h8-10,12H,7H2,1-6H3,(H,16,17). The lowest BCUT2D eigenvalue weighted by Crippen LogP contribution is -2.36. The molecule has 0 saturated heterocycles. The molecule has 0 aromatic carbocycles. The van der Waals surface area contributed by atoms with Crippen LogP contribution in [0.3, 0.4) is 0 Å². The van der Waals surface area contributed by atoms with Gasteiger partial charge in [0.15, 0.2) is 0 Å². The highest BCUT2D eigenvalue weighted by atomic mass is 16.2. The molecule has 0 saturated carbocycles. The van der Waals surface area contributed by atoms with Gasteiger partial charge in [0.25, 0.3) is 5.91 Å². The van der Waals surface area contributed by atoms with Crippen molar-refractivity contribution in [3.8, 4) is 0 Å².